The average molecular weight is 181 g/mol. The second-order valence-electron chi connectivity index (χ2n) is 3.67. The molecular weight excluding hydrogens is 166 g/mol. The number of nitrogens with one attached hydrogen (secondary N) is 1. The van der Waals surface area contributed by atoms with Crippen LogP contribution in [0.25, 0.3) is 0 Å². The van der Waals surface area contributed by atoms with Gasteiger partial charge >= 0.3 is 0 Å². The van der Waals surface area contributed by atoms with Crippen LogP contribution < -0.4 is 11.1 Å². The van der Waals surface area contributed by atoms with Crippen molar-refractivity contribution >= 4 is 11.4 Å². The second kappa shape index (κ2) is 3.62. The fourth-order valence-electron chi connectivity index (χ4n) is 0.956. The molecule has 13 heavy (non-hydrogen) atoms. The van der Waals surface area contributed by atoms with Gasteiger partial charge in [-0.2, -0.15) is 0 Å². The lowest BCUT2D eigenvalue weighted by Crippen LogP contribution is -2.34. The van der Waals surface area contributed by atoms with Crippen molar-refractivity contribution in [3.63, 3.8) is 0 Å². The summed E-state index contributed by atoms with van der Waals surface area (Å²) in [6, 6.07) is 1.78. The smallest absolute Gasteiger partial charge is 0.0656 e. The molecule has 72 valence electrons. The van der Waals surface area contributed by atoms with E-state index in [0.29, 0.717) is 5.69 Å². The predicted molar refractivity (Wildman–Crippen MR) is 53.4 cm³/mol. The van der Waals surface area contributed by atoms with E-state index in [1.165, 1.54) is 0 Å². The molecule has 0 aromatic carbocycles. The molecule has 0 unspecified atom stereocenters. The Bertz CT molecular complexity index is 286. The van der Waals surface area contributed by atoms with Crippen LogP contribution in [0, 0.1) is 0 Å². The van der Waals surface area contributed by atoms with Crippen molar-refractivity contribution in [2.45, 2.75) is 19.4 Å². The van der Waals surface area contributed by atoms with Gasteiger partial charge in [-0.1, -0.05) is 0 Å². The van der Waals surface area contributed by atoms with E-state index in [-0.39, 0.29) is 12.1 Å². The van der Waals surface area contributed by atoms with Gasteiger partial charge in [0.15, 0.2) is 0 Å². The van der Waals surface area contributed by atoms with Gasteiger partial charge in [0.2, 0.25) is 0 Å². The van der Waals surface area contributed by atoms with Crippen LogP contribution in [0.3, 0.4) is 0 Å². The number of anilines is 2. The maximum absolute atomic E-state index is 9.01. The topological polar surface area (TPSA) is 71.2 Å². The predicted octanol–water partition coefficient (Wildman–Crippen LogP) is 0.847. The van der Waals surface area contributed by atoms with Crippen LogP contribution in [-0.2, 0) is 0 Å². The molecule has 0 saturated carbocycles. The molecular formula is C9H15N3O. The lowest BCUT2D eigenvalue weighted by molar-refractivity contribution is 0.234. The Kier molecular flexibility index (Phi) is 2.72. The molecule has 0 bridgehead atoms. The summed E-state index contributed by atoms with van der Waals surface area (Å²) >= 11 is 0. The van der Waals surface area contributed by atoms with Crippen LogP contribution in [0.4, 0.5) is 11.4 Å². The minimum atomic E-state index is -0.352. The van der Waals surface area contributed by atoms with Gasteiger partial charge in [-0.25, -0.2) is 0 Å². The molecule has 0 fully saturated rings. The molecule has 1 aromatic heterocycles. The Hall–Kier alpha value is -1.29. The third-order valence-corrected chi connectivity index (χ3v) is 1.64. The number of hydrogen-bond acceptors (Lipinski definition) is 4. The fourth-order valence-corrected chi connectivity index (χ4v) is 0.956. The Morgan fingerprint density at radius 1 is 1.54 bits per heavy atom. The zero-order valence-electron chi connectivity index (χ0n) is 7.91. The van der Waals surface area contributed by atoms with Crippen LogP contribution in [0.1, 0.15) is 13.8 Å². The molecule has 0 atom stereocenters. The third-order valence-electron chi connectivity index (χ3n) is 1.64. The van der Waals surface area contributed by atoms with Crippen molar-refractivity contribution in [3.05, 3.63) is 18.5 Å². The summed E-state index contributed by atoms with van der Waals surface area (Å²) in [5.41, 5.74) is 6.63. The van der Waals surface area contributed by atoms with Gasteiger partial charge in [0, 0.05) is 6.20 Å². The number of pyridine rings is 1. The number of aliphatic hydroxyl groups excluding tert-OH is 1. The van der Waals surface area contributed by atoms with Gasteiger partial charge in [-0.15, -0.1) is 0 Å². The Morgan fingerprint density at radius 2 is 2.23 bits per heavy atom. The quantitative estimate of drug-likeness (QED) is 0.646. The number of aliphatic hydroxyl groups is 1. The first kappa shape index (κ1) is 9.80. The normalized spacial score (nSPS) is 11.3. The molecule has 4 heteroatoms. The van der Waals surface area contributed by atoms with Crippen LogP contribution in [0.15, 0.2) is 18.5 Å². The van der Waals surface area contributed by atoms with Crippen molar-refractivity contribution in [3.8, 4) is 0 Å². The van der Waals surface area contributed by atoms with E-state index in [2.05, 4.69) is 10.3 Å². The summed E-state index contributed by atoms with van der Waals surface area (Å²) in [4.78, 5) is 3.93. The van der Waals surface area contributed by atoms with Crippen molar-refractivity contribution < 1.29 is 5.11 Å². The molecule has 0 spiro atoms. The minimum Gasteiger partial charge on any atom is -0.397 e. The van der Waals surface area contributed by atoms with E-state index < -0.39 is 0 Å². The van der Waals surface area contributed by atoms with Gasteiger partial charge in [-0.3, -0.25) is 4.98 Å². The maximum Gasteiger partial charge on any atom is 0.0656 e. The molecule has 0 aliphatic carbocycles. The van der Waals surface area contributed by atoms with Crippen molar-refractivity contribution in [2.75, 3.05) is 17.7 Å². The van der Waals surface area contributed by atoms with E-state index in [0.717, 1.165) is 5.69 Å². The van der Waals surface area contributed by atoms with Crippen molar-refractivity contribution in [1.82, 2.24) is 4.98 Å². The molecule has 4 nitrogen and oxygen atoms in total. The average Bonchev–Trinajstić information content (AvgIpc) is 2.03. The monoisotopic (exact) mass is 181 g/mol. The van der Waals surface area contributed by atoms with Gasteiger partial charge in [0.25, 0.3) is 0 Å². The fraction of sp³-hybridized carbons (Fsp3) is 0.444. The summed E-state index contributed by atoms with van der Waals surface area (Å²) < 4.78 is 0. The summed E-state index contributed by atoms with van der Waals surface area (Å²) in [6.45, 7) is 3.86. The molecule has 1 heterocycles. The van der Waals surface area contributed by atoms with E-state index in [4.69, 9.17) is 10.8 Å². The largest absolute Gasteiger partial charge is 0.397 e. The van der Waals surface area contributed by atoms with Crippen LogP contribution in [0.2, 0.25) is 0 Å². The first-order chi connectivity index (χ1) is 6.03. The Morgan fingerprint density at radius 3 is 2.77 bits per heavy atom. The Labute approximate surface area is 77.8 Å². The van der Waals surface area contributed by atoms with Crippen molar-refractivity contribution in [2.24, 2.45) is 0 Å². The number of nitrogen functional groups attached to an aromatic ring is 1. The minimum absolute atomic E-state index is 0.0573. The highest BCUT2D eigenvalue weighted by atomic mass is 16.3. The molecule has 0 aliphatic rings. The van der Waals surface area contributed by atoms with Crippen LogP contribution >= 0.6 is 0 Å². The van der Waals surface area contributed by atoms with Crippen molar-refractivity contribution in [1.29, 1.82) is 0 Å². The second-order valence-corrected chi connectivity index (χ2v) is 3.67. The first-order valence-corrected chi connectivity index (χ1v) is 4.13. The number of nitrogens with zero attached hydrogens (tertiary/aromatic N) is 1. The summed E-state index contributed by atoms with van der Waals surface area (Å²) in [6.07, 6.45) is 3.25. The molecule has 4 N–H and O–H groups in total. The molecule has 0 saturated heterocycles. The number of hydrogen-bond donors (Lipinski definition) is 3. The summed E-state index contributed by atoms with van der Waals surface area (Å²) in [5.74, 6) is 0. The highest BCUT2D eigenvalue weighted by Gasteiger charge is 2.15. The zero-order chi connectivity index (χ0) is 9.90. The molecule has 0 amide bonds. The number of rotatable bonds is 3. The molecule has 1 aromatic rings. The van der Waals surface area contributed by atoms with E-state index in [1.54, 1.807) is 18.5 Å². The first-order valence-electron chi connectivity index (χ1n) is 4.13. The van der Waals surface area contributed by atoms with Gasteiger partial charge in [0.1, 0.15) is 0 Å². The molecule has 1 rings (SSSR count). The SMILES string of the molecule is CC(C)(CO)Nc1cncc(N)c1. The zero-order valence-corrected chi connectivity index (χ0v) is 7.91. The van der Waals surface area contributed by atoms with Gasteiger partial charge in [-0.05, 0) is 19.9 Å². The molecule has 0 aliphatic heterocycles. The number of nitrogens with two attached hydrogens (primary N) is 1. The Balaban J connectivity index is 2.74. The lowest BCUT2D eigenvalue weighted by atomic mass is 10.1. The standard InChI is InChI=1S/C9H15N3O/c1-9(2,6-13)12-8-3-7(10)4-11-5-8/h3-5,12-13H,6,10H2,1-2H3. The maximum atomic E-state index is 9.01. The summed E-state index contributed by atoms with van der Waals surface area (Å²) in [7, 11) is 0. The van der Waals surface area contributed by atoms with Crippen LogP contribution in [0.5, 0.6) is 0 Å². The molecule has 0 radical (unpaired) electrons. The number of aromatic nitrogens is 1. The van der Waals surface area contributed by atoms with Crippen LogP contribution in [-0.4, -0.2) is 22.2 Å². The van der Waals surface area contributed by atoms with E-state index >= 15 is 0 Å². The highest BCUT2D eigenvalue weighted by Crippen LogP contribution is 2.15. The van der Waals surface area contributed by atoms with E-state index in [9.17, 15) is 0 Å². The highest BCUT2D eigenvalue weighted by molar-refractivity contribution is 5.52. The third kappa shape index (κ3) is 2.91. The van der Waals surface area contributed by atoms with Gasteiger partial charge in [0.05, 0.1) is 29.7 Å². The lowest BCUT2D eigenvalue weighted by Gasteiger charge is -2.24. The van der Waals surface area contributed by atoms with E-state index in [1.807, 2.05) is 13.8 Å². The summed E-state index contributed by atoms with van der Waals surface area (Å²) in [5, 5.41) is 12.1. The van der Waals surface area contributed by atoms with Gasteiger partial charge < -0.3 is 16.2 Å².